The van der Waals surface area contributed by atoms with E-state index in [9.17, 15) is 16.8 Å². The molecule has 0 aliphatic carbocycles. The molecule has 18 heavy (non-hydrogen) atoms. The van der Waals surface area contributed by atoms with Crippen molar-refractivity contribution in [1.82, 2.24) is 13.3 Å². The van der Waals surface area contributed by atoms with Crippen LogP contribution < -0.4 is 4.72 Å². The fourth-order valence-electron chi connectivity index (χ4n) is 1.40. The van der Waals surface area contributed by atoms with Crippen molar-refractivity contribution in [2.24, 2.45) is 0 Å². The first-order chi connectivity index (χ1) is 7.78. The molecule has 0 aromatic heterocycles. The van der Waals surface area contributed by atoms with E-state index in [0.29, 0.717) is 0 Å². The zero-order valence-electron chi connectivity index (χ0n) is 11.8. The topological polar surface area (TPSA) is 86.8 Å². The molecule has 0 aromatic carbocycles. The van der Waals surface area contributed by atoms with Crippen LogP contribution in [0.4, 0.5) is 0 Å². The lowest BCUT2D eigenvalue weighted by Gasteiger charge is -2.33. The third-order valence-corrected chi connectivity index (χ3v) is 5.29. The van der Waals surface area contributed by atoms with Crippen LogP contribution in [0.2, 0.25) is 0 Å². The van der Waals surface area contributed by atoms with Crippen molar-refractivity contribution >= 4 is 20.2 Å². The first-order valence-corrected chi connectivity index (χ1v) is 8.72. The van der Waals surface area contributed by atoms with Gasteiger partial charge >= 0.3 is 0 Å². The molecule has 0 aliphatic heterocycles. The molecule has 1 N–H and O–H groups in total. The molecule has 9 heteroatoms. The van der Waals surface area contributed by atoms with Crippen LogP contribution in [0.3, 0.4) is 0 Å². The maximum Gasteiger partial charge on any atom is 0.278 e. The summed E-state index contributed by atoms with van der Waals surface area (Å²) in [5, 5.41) is 0. The summed E-state index contributed by atoms with van der Waals surface area (Å²) in [4.78, 5) is 0. The van der Waals surface area contributed by atoms with E-state index in [4.69, 9.17) is 0 Å². The van der Waals surface area contributed by atoms with Crippen molar-refractivity contribution in [2.75, 3.05) is 33.4 Å². The van der Waals surface area contributed by atoms with Crippen LogP contribution in [0.15, 0.2) is 0 Å². The second kappa shape index (κ2) is 5.83. The van der Waals surface area contributed by atoms with Gasteiger partial charge in [-0.15, -0.1) is 0 Å². The zero-order chi connectivity index (χ0) is 14.8. The van der Waals surface area contributed by atoms with Gasteiger partial charge in [-0.25, -0.2) is 13.1 Å². The highest BCUT2D eigenvalue weighted by molar-refractivity contribution is 7.88. The van der Waals surface area contributed by atoms with Gasteiger partial charge in [0, 0.05) is 32.7 Å². The summed E-state index contributed by atoms with van der Waals surface area (Å²) < 4.78 is 50.8. The molecule has 110 valence electrons. The fraction of sp³-hybridized carbons (Fsp3) is 1.00. The first-order valence-electron chi connectivity index (χ1n) is 5.43. The van der Waals surface area contributed by atoms with E-state index in [2.05, 4.69) is 4.72 Å². The van der Waals surface area contributed by atoms with Gasteiger partial charge in [0.05, 0.1) is 6.26 Å². The molecule has 0 spiro atoms. The van der Waals surface area contributed by atoms with Gasteiger partial charge in [-0.05, 0) is 20.8 Å². The van der Waals surface area contributed by atoms with Crippen molar-refractivity contribution in [1.29, 1.82) is 0 Å². The minimum atomic E-state index is -3.52. The average Bonchev–Trinajstić information content (AvgIpc) is 2.07. The van der Waals surface area contributed by atoms with E-state index in [1.165, 1.54) is 18.4 Å². The Hall–Kier alpha value is -0.220. The highest BCUT2D eigenvalue weighted by atomic mass is 32.2. The third-order valence-electron chi connectivity index (χ3n) is 2.23. The smallest absolute Gasteiger partial charge is 0.212 e. The molecular formula is C9H23N3O4S2. The van der Waals surface area contributed by atoms with Crippen molar-refractivity contribution in [2.45, 2.75) is 26.3 Å². The van der Waals surface area contributed by atoms with Crippen LogP contribution in [0.25, 0.3) is 0 Å². The van der Waals surface area contributed by atoms with Crippen LogP contribution in [-0.2, 0) is 20.2 Å². The lowest BCUT2D eigenvalue weighted by atomic mass is 10.1. The molecule has 0 aliphatic rings. The summed E-state index contributed by atoms with van der Waals surface area (Å²) in [6, 6.07) is 0. The molecule has 0 aromatic rings. The largest absolute Gasteiger partial charge is 0.278 e. The second-order valence-corrected chi connectivity index (χ2v) is 9.06. The van der Waals surface area contributed by atoms with Gasteiger partial charge in [-0.1, -0.05) is 0 Å². The van der Waals surface area contributed by atoms with Crippen LogP contribution in [-0.4, -0.2) is 64.4 Å². The number of hydrogen-bond donors (Lipinski definition) is 1. The molecule has 0 fully saturated rings. The third kappa shape index (κ3) is 5.61. The van der Waals surface area contributed by atoms with Crippen molar-refractivity contribution < 1.29 is 16.8 Å². The molecule has 0 rings (SSSR count). The summed E-state index contributed by atoms with van der Waals surface area (Å²) in [6.45, 7) is 5.40. The summed E-state index contributed by atoms with van der Waals surface area (Å²) in [5.74, 6) is 0. The normalized spacial score (nSPS) is 14.4. The number of nitrogens with zero attached hydrogens (tertiary/aromatic N) is 2. The molecular weight excluding hydrogens is 278 g/mol. The van der Waals surface area contributed by atoms with Gasteiger partial charge in [0.25, 0.3) is 10.2 Å². The minimum absolute atomic E-state index is 0.0326. The van der Waals surface area contributed by atoms with Crippen LogP contribution in [0.1, 0.15) is 20.8 Å². The Morgan fingerprint density at radius 2 is 1.50 bits per heavy atom. The standard InChI is InChI=1S/C9H23N3O4S2/c1-9(2,3)12(17(6,13)14)8-7-10-18(15,16)11(4)5/h10H,7-8H2,1-6H3. The van der Waals surface area contributed by atoms with Gasteiger partial charge in [0.15, 0.2) is 0 Å². The van der Waals surface area contributed by atoms with Crippen LogP contribution >= 0.6 is 0 Å². The molecule has 0 bridgehead atoms. The van der Waals surface area contributed by atoms with Gasteiger partial charge in [0.2, 0.25) is 10.0 Å². The number of nitrogens with one attached hydrogen (secondary N) is 1. The maximum absolute atomic E-state index is 11.6. The summed E-state index contributed by atoms with van der Waals surface area (Å²) in [5.41, 5.74) is -0.586. The molecule has 0 radical (unpaired) electrons. The van der Waals surface area contributed by atoms with Crippen molar-refractivity contribution in [3.63, 3.8) is 0 Å². The fourth-order valence-corrected chi connectivity index (χ4v) is 3.43. The Morgan fingerprint density at radius 1 is 1.06 bits per heavy atom. The van der Waals surface area contributed by atoms with Crippen molar-refractivity contribution in [3.05, 3.63) is 0 Å². The number of rotatable bonds is 6. The maximum atomic E-state index is 11.6. The minimum Gasteiger partial charge on any atom is -0.212 e. The van der Waals surface area contributed by atoms with E-state index in [1.54, 1.807) is 20.8 Å². The lowest BCUT2D eigenvalue weighted by molar-refractivity contribution is 0.254. The van der Waals surface area contributed by atoms with E-state index >= 15 is 0 Å². The van der Waals surface area contributed by atoms with Gasteiger partial charge < -0.3 is 0 Å². The summed E-state index contributed by atoms with van der Waals surface area (Å²) in [7, 11) is -4.09. The van der Waals surface area contributed by atoms with Crippen LogP contribution in [0.5, 0.6) is 0 Å². The molecule has 0 atom stereocenters. The Morgan fingerprint density at radius 3 is 1.78 bits per heavy atom. The molecule has 0 saturated carbocycles. The first kappa shape index (κ1) is 17.8. The number of hydrogen-bond acceptors (Lipinski definition) is 4. The van der Waals surface area contributed by atoms with E-state index in [0.717, 1.165) is 10.6 Å². The van der Waals surface area contributed by atoms with Gasteiger partial charge in [-0.3, -0.25) is 0 Å². The summed E-state index contributed by atoms with van der Waals surface area (Å²) in [6.07, 6.45) is 1.11. The molecule has 7 nitrogen and oxygen atoms in total. The predicted octanol–water partition coefficient (Wildman–Crippen LogP) is -0.557. The van der Waals surface area contributed by atoms with E-state index < -0.39 is 25.8 Å². The Balaban J connectivity index is 4.70. The van der Waals surface area contributed by atoms with Gasteiger partial charge in [-0.2, -0.15) is 17.0 Å². The number of sulfonamides is 1. The second-order valence-electron chi connectivity index (χ2n) is 5.19. The molecule has 0 saturated heterocycles. The highest BCUT2D eigenvalue weighted by Crippen LogP contribution is 2.16. The SMILES string of the molecule is CN(C)S(=O)(=O)NCCN(C(C)(C)C)S(C)(=O)=O. The predicted molar refractivity (Wildman–Crippen MR) is 71.9 cm³/mol. The highest BCUT2D eigenvalue weighted by Gasteiger charge is 2.29. The van der Waals surface area contributed by atoms with Crippen LogP contribution in [0, 0.1) is 0 Å². The Kier molecular flexibility index (Phi) is 5.75. The Bertz CT molecular complexity index is 463. The lowest BCUT2D eigenvalue weighted by Crippen LogP contribution is -2.49. The molecule has 0 unspecified atom stereocenters. The average molecular weight is 301 g/mol. The zero-order valence-corrected chi connectivity index (χ0v) is 13.4. The van der Waals surface area contributed by atoms with E-state index in [1.807, 2.05) is 0 Å². The molecule has 0 heterocycles. The molecule has 0 amide bonds. The monoisotopic (exact) mass is 301 g/mol. The van der Waals surface area contributed by atoms with Crippen molar-refractivity contribution in [3.8, 4) is 0 Å². The summed E-state index contributed by atoms with van der Waals surface area (Å²) >= 11 is 0. The van der Waals surface area contributed by atoms with E-state index in [-0.39, 0.29) is 13.1 Å². The quantitative estimate of drug-likeness (QED) is 0.712. The van der Waals surface area contributed by atoms with Gasteiger partial charge in [0.1, 0.15) is 0 Å². The Labute approximate surface area is 110 Å².